The van der Waals surface area contributed by atoms with Crippen molar-refractivity contribution in [3.63, 3.8) is 0 Å². The fraction of sp³-hybridized carbons (Fsp3) is 0.278. The number of anilines is 1. The fourth-order valence-corrected chi connectivity index (χ4v) is 2.19. The number of nitrogens with zero attached hydrogens (tertiary/aromatic N) is 1. The Morgan fingerprint density at radius 2 is 1.67 bits per heavy atom. The Hall–Kier alpha value is -2.34. The third-order valence-corrected chi connectivity index (χ3v) is 3.80. The molecule has 2 aromatic rings. The van der Waals surface area contributed by atoms with Gasteiger partial charge >= 0.3 is 6.18 Å². The standard InChI is InChI=1S/C18H19F3N2O/c1-13(17(24)22-16-6-4-3-5-7-16)23(2)12-14-8-10-15(11-9-14)18(19,20)21/h3-11,13H,12H2,1-2H3,(H,22,24). The maximum atomic E-state index is 12.6. The van der Waals surface area contributed by atoms with Gasteiger partial charge < -0.3 is 5.32 Å². The van der Waals surface area contributed by atoms with E-state index in [2.05, 4.69) is 5.32 Å². The highest BCUT2D eigenvalue weighted by atomic mass is 19.4. The van der Waals surface area contributed by atoms with Gasteiger partial charge in [0.2, 0.25) is 5.91 Å². The molecule has 1 atom stereocenters. The second-order valence-corrected chi connectivity index (χ2v) is 5.64. The lowest BCUT2D eigenvalue weighted by Gasteiger charge is -2.24. The number of hydrogen-bond donors (Lipinski definition) is 1. The van der Waals surface area contributed by atoms with Crippen molar-refractivity contribution in [3.8, 4) is 0 Å². The molecular weight excluding hydrogens is 317 g/mol. The summed E-state index contributed by atoms with van der Waals surface area (Å²) in [5.41, 5.74) is 0.742. The van der Waals surface area contributed by atoms with Crippen molar-refractivity contribution in [2.24, 2.45) is 0 Å². The van der Waals surface area contributed by atoms with Gasteiger partial charge in [-0.2, -0.15) is 13.2 Å². The Kier molecular flexibility index (Phi) is 5.62. The van der Waals surface area contributed by atoms with Gasteiger partial charge in [-0.1, -0.05) is 30.3 Å². The van der Waals surface area contributed by atoms with Crippen molar-refractivity contribution in [1.29, 1.82) is 0 Å². The molecule has 0 saturated heterocycles. The zero-order chi connectivity index (χ0) is 17.7. The zero-order valence-corrected chi connectivity index (χ0v) is 13.5. The van der Waals surface area contributed by atoms with Crippen molar-refractivity contribution < 1.29 is 18.0 Å². The first-order chi connectivity index (χ1) is 11.3. The number of hydrogen-bond acceptors (Lipinski definition) is 2. The van der Waals surface area contributed by atoms with Crippen LogP contribution in [0.5, 0.6) is 0 Å². The molecule has 0 aliphatic carbocycles. The maximum Gasteiger partial charge on any atom is 0.416 e. The number of amides is 1. The van der Waals surface area contributed by atoms with Gasteiger partial charge in [-0.05, 0) is 43.8 Å². The molecule has 0 spiro atoms. The van der Waals surface area contributed by atoms with Gasteiger partial charge in [-0.15, -0.1) is 0 Å². The lowest BCUT2D eigenvalue weighted by molar-refractivity contribution is -0.137. The highest BCUT2D eigenvalue weighted by molar-refractivity contribution is 5.94. The van der Waals surface area contributed by atoms with Gasteiger partial charge in [0.05, 0.1) is 11.6 Å². The van der Waals surface area contributed by atoms with Gasteiger partial charge in [-0.3, -0.25) is 9.69 Å². The monoisotopic (exact) mass is 336 g/mol. The van der Waals surface area contributed by atoms with Crippen molar-refractivity contribution in [1.82, 2.24) is 4.90 Å². The third-order valence-electron chi connectivity index (χ3n) is 3.80. The van der Waals surface area contributed by atoms with Crippen LogP contribution in [0.15, 0.2) is 54.6 Å². The molecule has 1 amide bonds. The summed E-state index contributed by atoms with van der Waals surface area (Å²) in [6.07, 6.45) is -4.34. The minimum atomic E-state index is -4.34. The average molecular weight is 336 g/mol. The third kappa shape index (κ3) is 4.83. The van der Waals surface area contributed by atoms with E-state index in [4.69, 9.17) is 0 Å². The summed E-state index contributed by atoms with van der Waals surface area (Å²) in [5.74, 6) is -0.171. The number of halogens is 3. The van der Waals surface area contributed by atoms with E-state index in [0.717, 1.165) is 12.1 Å². The molecule has 0 radical (unpaired) electrons. The highest BCUT2D eigenvalue weighted by Crippen LogP contribution is 2.29. The summed E-state index contributed by atoms with van der Waals surface area (Å²) in [7, 11) is 1.76. The van der Waals surface area contributed by atoms with Crippen LogP contribution in [-0.4, -0.2) is 23.9 Å². The van der Waals surface area contributed by atoms with E-state index in [-0.39, 0.29) is 5.91 Å². The van der Waals surface area contributed by atoms with Crippen molar-refractivity contribution in [2.45, 2.75) is 25.7 Å². The number of carbonyl (C=O) groups is 1. The first-order valence-electron chi connectivity index (χ1n) is 7.49. The molecule has 6 heteroatoms. The van der Waals surface area contributed by atoms with E-state index in [1.165, 1.54) is 12.1 Å². The Bertz CT molecular complexity index is 669. The number of benzene rings is 2. The van der Waals surface area contributed by atoms with Crippen LogP contribution in [0, 0.1) is 0 Å². The highest BCUT2D eigenvalue weighted by Gasteiger charge is 2.30. The van der Waals surface area contributed by atoms with Crippen molar-refractivity contribution in [3.05, 3.63) is 65.7 Å². The van der Waals surface area contributed by atoms with Crippen LogP contribution < -0.4 is 5.32 Å². The topological polar surface area (TPSA) is 32.3 Å². The van der Waals surface area contributed by atoms with E-state index in [0.29, 0.717) is 17.8 Å². The van der Waals surface area contributed by atoms with Crippen LogP contribution in [0.1, 0.15) is 18.1 Å². The lowest BCUT2D eigenvalue weighted by Crippen LogP contribution is -2.39. The van der Waals surface area contributed by atoms with Crippen LogP contribution in [0.4, 0.5) is 18.9 Å². The van der Waals surface area contributed by atoms with E-state index in [1.54, 1.807) is 31.0 Å². The SMILES string of the molecule is CC(C(=O)Nc1ccccc1)N(C)Cc1ccc(C(F)(F)F)cc1. The Balaban J connectivity index is 1.95. The largest absolute Gasteiger partial charge is 0.416 e. The smallest absolute Gasteiger partial charge is 0.325 e. The van der Waals surface area contributed by atoms with Gasteiger partial charge in [0.25, 0.3) is 0 Å². The second-order valence-electron chi connectivity index (χ2n) is 5.64. The summed E-state index contributed by atoms with van der Waals surface area (Å²) in [4.78, 5) is 14.0. The van der Waals surface area contributed by atoms with Crippen LogP contribution in [-0.2, 0) is 17.5 Å². The second kappa shape index (κ2) is 7.49. The molecule has 0 heterocycles. The summed E-state index contributed by atoms with van der Waals surface area (Å²) in [6.45, 7) is 2.13. The first kappa shape index (κ1) is 18.0. The van der Waals surface area contributed by atoms with Crippen LogP contribution >= 0.6 is 0 Å². The van der Waals surface area contributed by atoms with Crippen LogP contribution in [0.25, 0.3) is 0 Å². The molecule has 0 aliphatic heterocycles. The maximum absolute atomic E-state index is 12.6. The molecule has 128 valence electrons. The van der Waals surface area contributed by atoms with Gasteiger partial charge in [-0.25, -0.2) is 0 Å². The van der Waals surface area contributed by atoms with Gasteiger partial charge in [0, 0.05) is 12.2 Å². The van der Waals surface area contributed by atoms with Crippen molar-refractivity contribution in [2.75, 3.05) is 12.4 Å². The predicted molar refractivity (Wildman–Crippen MR) is 87.4 cm³/mol. The fourth-order valence-electron chi connectivity index (χ4n) is 2.19. The Labute approximate surface area is 139 Å². The Morgan fingerprint density at radius 1 is 1.08 bits per heavy atom. The summed E-state index contributed by atoms with van der Waals surface area (Å²) >= 11 is 0. The molecule has 3 nitrogen and oxygen atoms in total. The zero-order valence-electron chi connectivity index (χ0n) is 13.5. The minimum Gasteiger partial charge on any atom is -0.325 e. The van der Waals surface area contributed by atoms with Gasteiger partial charge in [0.1, 0.15) is 0 Å². The predicted octanol–water partition coefficient (Wildman–Crippen LogP) is 4.16. The number of rotatable bonds is 5. The number of carbonyl (C=O) groups excluding carboxylic acids is 1. The lowest BCUT2D eigenvalue weighted by atomic mass is 10.1. The number of alkyl halides is 3. The normalized spacial score (nSPS) is 12.9. The molecule has 0 saturated carbocycles. The average Bonchev–Trinajstić information content (AvgIpc) is 2.54. The molecule has 0 aromatic heterocycles. The summed E-state index contributed by atoms with van der Waals surface area (Å²) in [6, 6.07) is 13.6. The first-order valence-corrected chi connectivity index (χ1v) is 7.49. The molecule has 2 aromatic carbocycles. The molecule has 1 unspecified atom stereocenters. The minimum absolute atomic E-state index is 0.171. The number of para-hydroxylation sites is 1. The van der Waals surface area contributed by atoms with Crippen molar-refractivity contribution >= 4 is 11.6 Å². The molecule has 1 N–H and O–H groups in total. The molecule has 0 aliphatic rings. The molecule has 0 fully saturated rings. The molecular formula is C18H19F3N2O. The summed E-state index contributed by atoms with van der Waals surface area (Å²) in [5, 5.41) is 2.81. The molecule has 2 rings (SSSR count). The van der Waals surface area contributed by atoms with Gasteiger partial charge in [0.15, 0.2) is 0 Å². The molecule has 24 heavy (non-hydrogen) atoms. The summed E-state index contributed by atoms with van der Waals surface area (Å²) < 4.78 is 37.7. The quantitative estimate of drug-likeness (QED) is 0.889. The number of nitrogens with one attached hydrogen (secondary N) is 1. The molecule has 0 bridgehead atoms. The van der Waals surface area contributed by atoms with Crippen LogP contribution in [0.2, 0.25) is 0 Å². The van der Waals surface area contributed by atoms with Crippen LogP contribution in [0.3, 0.4) is 0 Å². The van der Waals surface area contributed by atoms with E-state index < -0.39 is 17.8 Å². The van der Waals surface area contributed by atoms with E-state index in [9.17, 15) is 18.0 Å². The Morgan fingerprint density at radius 3 is 2.21 bits per heavy atom. The van der Waals surface area contributed by atoms with E-state index >= 15 is 0 Å². The van der Waals surface area contributed by atoms with E-state index in [1.807, 2.05) is 18.2 Å². The number of likely N-dealkylation sites (N-methyl/N-ethyl adjacent to an activating group) is 1.